The first-order chi connectivity index (χ1) is 11.3. The zero-order valence-electron chi connectivity index (χ0n) is 12.2. The summed E-state index contributed by atoms with van der Waals surface area (Å²) in [6.45, 7) is 0.728. The maximum Gasteiger partial charge on any atom is 0.139 e. The van der Waals surface area contributed by atoms with E-state index >= 15 is 0 Å². The standard InChI is InChI=1S/C18H14BrN3O/c19-15-6-7-16-21-17(14-8-9-23-12-14)18(22(16)11-15)20-10-13-4-2-1-3-5-13/h1-9,11-12,20H,10H2. The Morgan fingerprint density at radius 2 is 1.96 bits per heavy atom. The first-order valence-corrected chi connectivity index (χ1v) is 8.08. The van der Waals surface area contributed by atoms with Crippen LogP contribution in [0.3, 0.4) is 0 Å². The van der Waals surface area contributed by atoms with Crippen molar-refractivity contribution in [1.82, 2.24) is 9.38 Å². The van der Waals surface area contributed by atoms with Crippen LogP contribution in [-0.4, -0.2) is 9.38 Å². The van der Waals surface area contributed by atoms with E-state index < -0.39 is 0 Å². The number of furan rings is 1. The van der Waals surface area contributed by atoms with Gasteiger partial charge >= 0.3 is 0 Å². The lowest BCUT2D eigenvalue weighted by Gasteiger charge is -2.08. The van der Waals surface area contributed by atoms with Gasteiger partial charge in [-0.2, -0.15) is 0 Å². The lowest BCUT2D eigenvalue weighted by molar-refractivity contribution is 0.568. The molecule has 0 amide bonds. The van der Waals surface area contributed by atoms with E-state index in [9.17, 15) is 0 Å². The molecule has 114 valence electrons. The number of fused-ring (bicyclic) bond motifs is 1. The van der Waals surface area contributed by atoms with Gasteiger partial charge in [0.1, 0.15) is 17.2 Å². The highest BCUT2D eigenvalue weighted by molar-refractivity contribution is 9.10. The number of rotatable bonds is 4. The van der Waals surface area contributed by atoms with Gasteiger partial charge in [-0.05, 0) is 39.7 Å². The predicted octanol–water partition coefficient (Wildman–Crippen LogP) is 4.97. The number of aromatic nitrogens is 2. The summed E-state index contributed by atoms with van der Waals surface area (Å²) < 4.78 is 8.27. The lowest BCUT2D eigenvalue weighted by atomic mass is 10.2. The summed E-state index contributed by atoms with van der Waals surface area (Å²) in [6.07, 6.45) is 5.39. The fraction of sp³-hybridized carbons (Fsp3) is 0.0556. The lowest BCUT2D eigenvalue weighted by Crippen LogP contribution is -2.03. The number of anilines is 1. The molecule has 0 spiro atoms. The third kappa shape index (κ3) is 2.75. The molecule has 1 aromatic carbocycles. The molecule has 0 fully saturated rings. The maximum atomic E-state index is 5.22. The molecule has 23 heavy (non-hydrogen) atoms. The summed E-state index contributed by atoms with van der Waals surface area (Å²) in [7, 11) is 0. The van der Waals surface area contributed by atoms with Gasteiger partial charge in [-0.15, -0.1) is 0 Å². The molecule has 0 saturated heterocycles. The van der Waals surface area contributed by atoms with Crippen molar-refractivity contribution in [2.75, 3.05) is 5.32 Å². The van der Waals surface area contributed by atoms with Crippen LogP contribution >= 0.6 is 15.9 Å². The first kappa shape index (κ1) is 14.1. The first-order valence-electron chi connectivity index (χ1n) is 7.29. The summed E-state index contributed by atoms with van der Waals surface area (Å²) >= 11 is 3.53. The molecule has 0 aliphatic heterocycles. The highest BCUT2D eigenvalue weighted by Gasteiger charge is 2.15. The minimum Gasteiger partial charge on any atom is -0.472 e. The van der Waals surface area contributed by atoms with E-state index in [2.05, 4.69) is 37.8 Å². The number of halogens is 1. The molecule has 4 nitrogen and oxygen atoms in total. The molecule has 3 heterocycles. The number of imidazole rings is 1. The van der Waals surface area contributed by atoms with Crippen LogP contribution in [0.1, 0.15) is 5.56 Å². The van der Waals surface area contributed by atoms with E-state index in [0.29, 0.717) is 0 Å². The number of benzene rings is 1. The van der Waals surface area contributed by atoms with Gasteiger partial charge in [0.05, 0.1) is 12.5 Å². The SMILES string of the molecule is Brc1ccc2nc(-c3ccoc3)c(NCc3ccccc3)n2c1. The number of hydrogen-bond acceptors (Lipinski definition) is 3. The van der Waals surface area contributed by atoms with Crippen molar-refractivity contribution < 1.29 is 4.42 Å². The maximum absolute atomic E-state index is 5.22. The second-order valence-corrected chi connectivity index (χ2v) is 6.15. The second-order valence-electron chi connectivity index (χ2n) is 5.24. The third-order valence-corrected chi connectivity index (χ3v) is 4.15. The van der Waals surface area contributed by atoms with Crippen molar-refractivity contribution in [2.45, 2.75) is 6.54 Å². The monoisotopic (exact) mass is 367 g/mol. The third-order valence-electron chi connectivity index (χ3n) is 3.68. The van der Waals surface area contributed by atoms with Crippen molar-refractivity contribution in [3.8, 4) is 11.3 Å². The van der Waals surface area contributed by atoms with Gasteiger partial charge in [0.25, 0.3) is 0 Å². The molecule has 0 aliphatic rings. The van der Waals surface area contributed by atoms with Crippen molar-refractivity contribution >= 4 is 27.4 Å². The van der Waals surface area contributed by atoms with E-state index in [1.54, 1.807) is 12.5 Å². The largest absolute Gasteiger partial charge is 0.472 e. The normalized spacial score (nSPS) is 11.0. The molecule has 0 saturated carbocycles. The molecule has 0 atom stereocenters. The minimum absolute atomic E-state index is 0.728. The molecule has 1 N–H and O–H groups in total. The zero-order chi connectivity index (χ0) is 15.6. The van der Waals surface area contributed by atoms with Crippen LogP contribution in [0, 0.1) is 0 Å². The molecular weight excluding hydrogens is 354 g/mol. The summed E-state index contributed by atoms with van der Waals surface area (Å²) in [5, 5.41) is 3.51. The fourth-order valence-corrected chi connectivity index (χ4v) is 2.91. The smallest absolute Gasteiger partial charge is 0.139 e. The van der Waals surface area contributed by atoms with E-state index in [-0.39, 0.29) is 0 Å². The van der Waals surface area contributed by atoms with Crippen molar-refractivity contribution in [3.63, 3.8) is 0 Å². The van der Waals surface area contributed by atoms with Crippen molar-refractivity contribution in [3.05, 3.63) is 77.3 Å². The Kier molecular flexibility index (Phi) is 3.63. The van der Waals surface area contributed by atoms with Crippen molar-refractivity contribution in [2.24, 2.45) is 0 Å². The molecule has 0 aliphatic carbocycles. The van der Waals surface area contributed by atoms with Crippen molar-refractivity contribution in [1.29, 1.82) is 0 Å². The van der Waals surface area contributed by atoms with Gasteiger partial charge in [0.2, 0.25) is 0 Å². The summed E-state index contributed by atoms with van der Waals surface area (Å²) in [5.74, 6) is 0.951. The molecule has 3 aromatic heterocycles. The number of nitrogens with zero attached hydrogens (tertiary/aromatic N) is 2. The summed E-state index contributed by atoms with van der Waals surface area (Å²) in [6, 6.07) is 16.2. The molecule has 0 unspecified atom stereocenters. The molecule has 0 radical (unpaired) electrons. The Balaban J connectivity index is 1.79. The van der Waals surface area contributed by atoms with E-state index in [4.69, 9.17) is 9.40 Å². The van der Waals surface area contributed by atoms with E-state index in [0.717, 1.165) is 33.7 Å². The Hall–Kier alpha value is -2.53. The van der Waals surface area contributed by atoms with Crippen LogP contribution in [0.15, 0.2) is 76.1 Å². The van der Waals surface area contributed by atoms with Gasteiger partial charge in [-0.1, -0.05) is 30.3 Å². The Morgan fingerprint density at radius 3 is 2.74 bits per heavy atom. The zero-order valence-corrected chi connectivity index (χ0v) is 13.8. The Labute approximate surface area is 141 Å². The van der Waals surface area contributed by atoms with Crippen LogP contribution in [0.4, 0.5) is 5.82 Å². The fourth-order valence-electron chi connectivity index (χ4n) is 2.57. The second kappa shape index (κ2) is 5.93. The Bertz CT molecular complexity index is 930. The van der Waals surface area contributed by atoms with Crippen LogP contribution in [0.25, 0.3) is 16.9 Å². The average molecular weight is 368 g/mol. The van der Waals surface area contributed by atoms with Gasteiger partial charge in [-0.25, -0.2) is 4.98 Å². The van der Waals surface area contributed by atoms with Gasteiger partial charge < -0.3 is 9.73 Å². The molecule has 5 heteroatoms. The van der Waals surface area contributed by atoms with Gasteiger partial charge in [0.15, 0.2) is 0 Å². The summed E-state index contributed by atoms with van der Waals surface area (Å²) in [5.41, 5.74) is 3.95. The van der Waals surface area contributed by atoms with Crippen LogP contribution in [-0.2, 0) is 6.54 Å². The topological polar surface area (TPSA) is 42.5 Å². The quantitative estimate of drug-likeness (QED) is 0.553. The molecular formula is C18H14BrN3O. The van der Waals surface area contributed by atoms with Crippen LogP contribution in [0.2, 0.25) is 0 Å². The van der Waals surface area contributed by atoms with Gasteiger partial charge in [0, 0.05) is 22.8 Å². The summed E-state index contributed by atoms with van der Waals surface area (Å²) in [4.78, 5) is 4.73. The van der Waals surface area contributed by atoms with E-state index in [1.807, 2.05) is 42.6 Å². The number of hydrogen-bond donors (Lipinski definition) is 1. The number of nitrogens with one attached hydrogen (secondary N) is 1. The molecule has 4 aromatic rings. The number of pyridine rings is 1. The minimum atomic E-state index is 0.728. The van der Waals surface area contributed by atoms with Crippen LogP contribution < -0.4 is 5.32 Å². The Morgan fingerprint density at radius 1 is 1.09 bits per heavy atom. The predicted molar refractivity (Wildman–Crippen MR) is 94.4 cm³/mol. The van der Waals surface area contributed by atoms with E-state index in [1.165, 1.54) is 5.56 Å². The molecule has 4 rings (SSSR count). The average Bonchev–Trinajstić information content (AvgIpc) is 3.21. The highest BCUT2D eigenvalue weighted by Crippen LogP contribution is 2.30. The highest BCUT2D eigenvalue weighted by atomic mass is 79.9. The van der Waals surface area contributed by atoms with Gasteiger partial charge in [-0.3, -0.25) is 4.40 Å². The molecule has 0 bridgehead atoms. The van der Waals surface area contributed by atoms with Crippen LogP contribution in [0.5, 0.6) is 0 Å².